The Labute approximate surface area is 98.5 Å². The first-order valence-corrected chi connectivity index (χ1v) is 5.23. The summed E-state index contributed by atoms with van der Waals surface area (Å²) in [6.07, 6.45) is 0.523. The van der Waals surface area contributed by atoms with Crippen molar-refractivity contribution in [1.82, 2.24) is 5.32 Å². The number of rotatable bonds is 2. The van der Waals surface area contributed by atoms with E-state index in [1.54, 1.807) is 6.07 Å². The van der Waals surface area contributed by atoms with Crippen LogP contribution in [-0.4, -0.2) is 12.5 Å². The van der Waals surface area contributed by atoms with Gasteiger partial charge in [-0.3, -0.25) is 4.79 Å². The van der Waals surface area contributed by atoms with Gasteiger partial charge in [0.1, 0.15) is 0 Å². The zero-order valence-electron chi connectivity index (χ0n) is 9.10. The number of nitrogens with one attached hydrogen (secondary N) is 1. The van der Waals surface area contributed by atoms with Crippen molar-refractivity contribution in [2.24, 2.45) is 5.11 Å². The average Bonchev–Trinajstić information content (AvgIpc) is 2.72. The molecule has 0 aromatic heterocycles. The van der Waals surface area contributed by atoms with Crippen LogP contribution in [0.15, 0.2) is 23.3 Å². The number of nitrogens with zero attached hydrogens (tertiary/aromatic N) is 3. The molecule has 17 heavy (non-hydrogen) atoms. The van der Waals surface area contributed by atoms with Gasteiger partial charge in [-0.05, 0) is 23.2 Å². The zero-order valence-corrected chi connectivity index (χ0v) is 9.10. The molecule has 1 aliphatic rings. The van der Waals surface area contributed by atoms with Gasteiger partial charge in [-0.2, -0.15) is 0 Å². The molecule has 0 spiro atoms. The van der Waals surface area contributed by atoms with Crippen LogP contribution in [0.3, 0.4) is 0 Å². The topological polar surface area (TPSA) is 77.9 Å². The van der Waals surface area contributed by atoms with E-state index >= 15 is 0 Å². The Bertz CT molecular complexity index is 562. The third-order valence-electron chi connectivity index (χ3n) is 2.47. The molecule has 1 amide bonds. The number of carbonyl (C=O) groups is 1. The van der Waals surface area contributed by atoms with Crippen molar-refractivity contribution in [3.05, 3.63) is 45.3 Å². The van der Waals surface area contributed by atoms with Crippen LogP contribution in [0.25, 0.3) is 10.4 Å². The summed E-state index contributed by atoms with van der Waals surface area (Å²) in [7, 11) is 0. The fourth-order valence-corrected chi connectivity index (χ4v) is 1.68. The first-order valence-electron chi connectivity index (χ1n) is 5.23. The largest absolute Gasteiger partial charge is 0.348 e. The van der Waals surface area contributed by atoms with Crippen LogP contribution in [0.2, 0.25) is 0 Å². The molecule has 5 heteroatoms. The van der Waals surface area contributed by atoms with Gasteiger partial charge in [-0.15, -0.1) is 0 Å². The predicted octanol–water partition coefficient (Wildman–Crippen LogP) is 1.98. The summed E-state index contributed by atoms with van der Waals surface area (Å²) in [5.74, 6) is 5.88. The zero-order chi connectivity index (χ0) is 12.1. The molecular weight excluding hydrogens is 216 g/mol. The lowest BCUT2D eigenvalue weighted by Gasteiger charge is -1.98. The van der Waals surface area contributed by atoms with Crippen LogP contribution >= 0.6 is 0 Å². The van der Waals surface area contributed by atoms with Crippen LogP contribution in [0, 0.1) is 11.8 Å². The Balaban J connectivity index is 2.17. The highest BCUT2D eigenvalue weighted by Gasteiger charge is 2.20. The summed E-state index contributed by atoms with van der Waals surface area (Å²) in [6, 6.07) is 5.50. The highest BCUT2D eigenvalue weighted by atomic mass is 16.1. The van der Waals surface area contributed by atoms with Crippen molar-refractivity contribution in [1.29, 1.82) is 0 Å². The SMILES string of the molecule is [N-]=[N+]=NCCC#Cc1cccc2c1CNC2=O. The molecule has 0 bridgehead atoms. The Kier molecular flexibility index (Phi) is 3.29. The van der Waals surface area contributed by atoms with Crippen molar-refractivity contribution in [3.63, 3.8) is 0 Å². The van der Waals surface area contributed by atoms with Gasteiger partial charge in [0.25, 0.3) is 5.91 Å². The maximum atomic E-state index is 11.4. The molecule has 84 valence electrons. The van der Waals surface area contributed by atoms with Gasteiger partial charge in [-0.25, -0.2) is 0 Å². The molecule has 1 aliphatic heterocycles. The molecule has 1 aromatic rings. The van der Waals surface area contributed by atoms with Crippen LogP contribution in [0.5, 0.6) is 0 Å². The molecule has 5 nitrogen and oxygen atoms in total. The van der Waals surface area contributed by atoms with Gasteiger partial charge in [0.15, 0.2) is 0 Å². The van der Waals surface area contributed by atoms with E-state index in [0.29, 0.717) is 25.1 Å². The molecule has 1 aromatic carbocycles. The second-order valence-electron chi connectivity index (χ2n) is 3.52. The maximum absolute atomic E-state index is 11.4. The molecule has 0 fully saturated rings. The highest BCUT2D eigenvalue weighted by Crippen LogP contribution is 2.18. The molecule has 0 saturated heterocycles. The van der Waals surface area contributed by atoms with E-state index in [4.69, 9.17) is 5.53 Å². The van der Waals surface area contributed by atoms with E-state index < -0.39 is 0 Å². The fourth-order valence-electron chi connectivity index (χ4n) is 1.68. The van der Waals surface area contributed by atoms with Crippen molar-refractivity contribution in [2.75, 3.05) is 6.54 Å². The molecule has 0 aliphatic carbocycles. The molecule has 0 saturated carbocycles. The summed E-state index contributed by atoms with van der Waals surface area (Å²) in [4.78, 5) is 14.1. The number of carbonyl (C=O) groups excluding carboxylic acids is 1. The first-order chi connectivity index (χ1) is 8.33. The molecular formula is C12H10N4O. The number of hydrogen-bond acceptors (Lipinski definition) is 2. The van der Waals surface area contributed by atoms with Gasteiger partial charge < -0.3 is 5.32 Å². The third kappa shape index (κ3) is 2.39. The minimum absolute atomic E-state index is 0.0438. The first kappa shape index (κ1) is 11.1. The minimum atomic E-state index is -0.0438. The van der Waals surface area contributed by atoms with Crippen molar-refractivity contribution in [3.8, 4) is 11.8 Å². The lowest BCUT2D eigenvalue weighted by Crippen LogP contribution is -2.12. The Morgan fingerprint density at radius 2 is 2.41 bits per heavy atom. The Morgan fingerprint density at radius 3 is 3.24 bits per heavy atom. The molecule has 1 heterocycles. The Hall–Kier alpha value is -2.44. The number of azide groups is 1. The Morgan fingerprint density at radius 1 is 1.53 bits per heavy atom. The van der Waals surface area contributed by atoms with Crippen LogP contribution < -0.4 is 5.32 Å². The normalized spacial score (nSPS) is 11.9. The van der Waals surface area contributed by atoms with E-state index in [1.807, 2.05) is 12.1 Å². The van der Waals surface area contributed by atoms with Gasteiger partial charge >= 0.3 is 0 Å². The summed E-state index contributed by atoms with van der Waals surface area (Å²) in [5, 5.41) is 6.16. The molecule has 0 radical (unpaired) electrons. The monoisotopic (exact) mass is 226 g/mol. The third-order valence-corrected chi connectivity index (χ3v) is 2.47. The van der Waals surface area contributed by atoms with Gasteiger partial charge in [-0.1, -0.05) is 23.0 Å². The lowest BCUT2D eigenvalue weighted by atomic mass is 10.0. The van der Waals surface area contributed by atoms with E-state index in [2.05, 4.69) is 27.2 Å². The molecule has 0 atom stereocenters. The predicted molar refractivity (Wildman–Crippen MR) is 63.1 cm³/mol. The molecule has 1 N–H and O–H groups in total. The lowest BCUT2D eigenvalue weighted by molar-refractivity contribution is 0.0966. The van der Waals surface area contributed by atoms with Gasteiger partial charge in [0, 0.05) is 35.5 Å². The van der Waals surface area contributed by atoms with E-state index in [0.717, 1.165) is 11.1 Å². The number of amides is 1. The smallest absolute Gasteiger partial charge is 0.251 e. The van der Waals surface area contributed by atoms with E-state index in [9.17, 15) is 4.79 Å². The van der Waals surface area contributed by atoms with E-state index in [1.165, 1.54) is 0 Å². The maximum Gasteiger partial charge on any atom is 0.251 e. The summed E-state index contributed by atoms with van der Waals surface area (Å²) in [5.41, 5.74) is 10.6. The standard InChI is InChI=1S/C12H10N4O/c13-16-15-7-2-1-4-9-5-3-6-10-11(9)8-14-12(10)17/h3,5-6H,2,7-8H2,(H,14,17). The number of benzene rings is 1. The van der Waals surface area contributed by atoms with Gasteiger partial charge in [0.05, 0.1) is 0 Å². The summed E-state index contributed by atoms with van der Waals surface area (Å²) >= 11 is 0. The second-order valence-corrected chi connectivity index (χ2v) is 3.52. The van der Waals surface area contributed by atoms with Gasteiger partial charge in [0.2, 0.25) is 0 Å². The van der Waals surface area contributed by atoms with E-state index in [-0.39, 0.29) is 5.91 Å². The van der Waals surface area contributed by atoms with Crippen LogP contribution in [0.4, 0.5) is 0 Å². The summed E-state index contributed by atoms with van der Waals surface area (Å²) < 4.78 is 0. The van der Waals surface area contributed by atoms with Crippen molar-refractivity contribution < 1.29 is 4.79 Å². The quantitative estimate of drug-likeness (QED) is 0.270. The van der Waals surface area contributed by atoms with Crippen LogP contribution in [0.1, 0.15) is 27.9 Å². The fraction of sp³-hybridized carbons (Fsp3) is 0.250. The minimum Gasteiger partial charge on any atom is -0.348 e. The molecule has 2 rings (SSSR count). The van der Waals surface area contributed by atoms with Crippen molar-refractivity contribution >= 4 is 5.91 Å². The molecule has 0 unspecified atom stereocenters. The number of fused-ring (bicyclic) bond motifs is 1. The average molecular weight is 226 g/mol. The highest BCUT2D eigenvalue weighted by molar-refractivity contribution is 5.98. The van der Waals surface area contributed by atoms with Crippen LogP contribution in [-0.2, 0) is 6.54 Å². The van der Waals surface area contributed by atoms with Crippen molar-refractivity contribution in [2.45, 2.75) is 13.0 Å². The summed E-state index contributed by atoms with van der Waals surface area (Å²) in [6.45, 7) is 0.908. The second kappa shape index (κ2) is 5.06. The number of hydrogen-bond donors (Lipinski definition) is 1.